The van der Waals surface area contributed by atoms with Gasteiger partial charge in [-0.3, -0.25) is 4.79 Å². The fourth-order valence-electron chi connectivity index (χ4n) is 2.42. The Balaban J connectivity index is 1.90. The Bertz CT molecular complexity index is 723. The van der Waals surface area contributed by atoms with Gasteiger partial charge in [0.1, 0.15) is 0 Å². The van der Waals surface area contributed by atoms with Gasteiger partial charge in [-0.2, -0.15) is 11.3 Å². The topological polar surface area (TPSA) is 65.5 Å². The Morgan fingerprint density at radius 3 is 2.44 bits per heavy atom. The van der Waals surface area contributed by atoms with Crippen molar-refractivity contribution < 1.29 is 4.79 Å². The summed E-state index contributed by atoms with van der Waals surface area (Å²) in [5.41, 5.74) is 3.26. The summed E-state index contributed by atoms with van der Waals surface area (Å²) in [5, 5.41) is 13.9. The first kappa shape index (κ1) is 21.0. The van der Waals surface area contributed by atoms with E-state index >= 15 is 0 Å². The Hall–Kier alpha value is -2.34. The summed E-state index contributed by atoms with van der Waals surface area (Å²) in [4.78, 5) is 16.4. The van der Waals surface area contributed by atoms with E-state index in [0.717, 1.165) is 30.3 Å². The zero-order valence-electron chi connectivity index (χ0n) is 16.6. The highest BCUT2D eigenvalue weighted by Gasteiger charge is 2.08. The van der Waals surface area contributed by atoms with Crippen molar-refractivity contribution in [3.63, 3.8) is 0 Å². The molecule has 0 saturated carbocycles. The molecule has 0 bridgehead atoms. The Morgan fingerprint density at radius 2 is 1.85 bits per heavy atom. The van der Waals surface area contributed by atoms with Crippen molar-refractivity contribution in [2.75, 3.05) is 18.4 Å². The first-order chi connectivity index (χ1) is 13.0. The third kappa shape index (κ3) is 7.06. The molecule has 1 aromatic heterocycles. The van der Waals surface area contributed by atoms with E-state index < -0.39 is 0 Å². The molecule has 1 heterocycles. The fraction of sp³-hybridized carbons (Fsp3) is 0.429. The number of anilines is 1. The number of aliphatic imine (C=N–C) groups is 1. The van der Waals surface area contributed by atoms with E-state index in [0.29, 0.717) is 12.5 Å². The standard InChI is InChI=1S/C21H30N4OS/c1-5-22-21(23-12-16(4)18-10-11-27-14-18)24-13-17-6-8-19(9-7-17)25-20(26)15(2)3/h6-11,14-16H,5,12-13H2,1-4H3,(H,25,26)(H2,22,23,24). The van der Waals surface area contributed by atoms with Gasteiger partial charge in [0.15, 0.2) is 5.96 Å². The van der Waals surface area contributed by atoms with Crippen LogP contribution in [0.4, 0.5) is 5.69 Å². The van der Waals surface area contributed by atoms with Gasteiger partial charge >= 0.3 is 0 Å². The molecule has 3 N–H and O–H groups in total. The number of hydrogen-bond acceptors (Lipinski definition) is 3. The average Bonchev–Trinajstić information content (AvgIpc) is 3.19. The number of carbonyl (C=O) groups is 1. The van der Waals surface area contributed by atoms with Crippen molar-refractivity contribution in [2.24, 2.45) is 10.9 Å². The second-order valence-corrected chi connectivity index (χ2v) is 7.65. The first-order valence-electron chi connectivity index (χ1n) is 9.43. The summed E-state index contributed by atoms with van der Waals surface area (Å²) < 4.78 is 0. The molecule has 1 amide bonds. The van der Waals surface area contributed by atoms with Crippen molar-refractivity contribution in [1.82, 2.24) is 10.6 Å². The lowest BCUT2D eigenvalue weighted by molar-refractivity contribution is -0.118. The van der Waals surface area contributed by atoms with Gasteiger partial charge in [0.05, 0.1) is 6.54 Å². The van der Waals surface area contributed by atoms with Gasteiger partial charge < -0.3 is 16.0 Å². The van der Waals surface area contributed by atoms with E-state index in [4.69, 9.17) is 0 Å². The first-order valence-corrected chi connectivity index (χ1v) is 10.4. The molecule has 27 heavy (non-hydrogen) atoms. The number of nitrogens with zero attached hydrogens (tertiary/aromatic N) is 1. The summed E-state index contributed by atoms with van der Waals surface area (Å²) in [6, 6.07) is 10.0. The zero-order valence-corrected chi connectivity index (χ0v) is 17.4. The number of thiophene rings is 1. The van der Waals surface area contributed by atoms with Crippen molar-refractivity contribution >= 4 is 28.9 Å². The third-order valence-electron chi connectivity index (χ3n) is 4.20. The largest absolute Gasteiger partial charge is 0.357 e. The molecule has 0 saturated heterocycles. The fourth-order valence-corrected chi connectivity index (χ4v) is 3.20. The second-order valence-electron chi connectivity index (χ2n) is 6.87. The van der Waals surface area contributed by atoms with Crippen LogP contribution in [0, 0.1) is 5.92 Å². The van der Waals surface area contributed by atoms with Gasteiger partial charge in [0.2, 0.25) is 5.91 Å². The average molecular weight is 387 g/mol. The van der Waals surface area contributed by atoms with E-state index in [1.165, 1.54) is 5.56 Å². The molecule has 2 aromatic rings. The van der Waals surface area contributed by atoms with Crippen LogP contribution in [0.25, 0.3) is 0 Å². The van der Waals surface area contributed by atoms with E-state index in [2.05, 4.69) is 51.6 Å². The maximum absolute atomic E-state index is 11.7. The molecule has 1 aromatic carbocycles. The number of hydrogen-bond donors (Lipinski definition) is 3. The predicted octanol–water partition coefficient (Wildman–Crippen LogP) is 4.20. The maximum atomic E-state index is 11.7. The van der Waals surface area contributed by atoms with E-state index in [-0.39, 0.29) is 11.8 Å². The van der Waals surface area contributed by atoms with Gasteiger partial charge in [0.25, 0.3) is 0 Å². The van der Waals surface area contributed by atoms with Crippen molar-refractivity contribution in [2.45, 2.75) is 40.2 Å². The number of nitrogens with one attached hydrogen (secondary N) is 3. The Labute approximate surface area is 166 Å². The lowest BCUT2D eigenvalue weighted by atomic mass is 10.1. The minimum Gasteiger partial charge on any atom is -0.357 e. The van der Waals surface area contributed by atoms with Gasteiger partial charge in [-0.15, -0.1) is 0 Å². The second kappa shape index (κ2) is 10.7. The summed E-state index contributed by atoms with van der Waals surface area (Å²) in [7, 11) is 0. The van der Waals surface area contributed by atoms with Gasteiger partial charge in [-0.05, 0) is 52.9 Å². The number of benzene rings is 1. The third-order valence-corrected chi connectivity index (χ3v) is 4.90. The monoisotopic (exact) mass is 386 g/mol. The molecular weight excluding hydrogens is 356 g/mol. The SMILES string of the molecule is CCNC(=NCc1ccc(NC(=O)C(C)C)cc1)NCC(C)c1ccsc1. The van der Waals surface area contributed by atoms with Gasteiger partial charge in [0, 0.05) is 24.7 Å². The molecule has 0 radical (unpaired) electrons. The highest BCUT2D eigenvalue weighted by atomic mass is 32.1. The molecule has 146 valence electrons. The lowest BCUT2D eigenvalue weighted by Crippen LogP contribution is -2.39. The molecule has 0 aliphatic heterocycles. The summed E-state index contributed by atoms with van der Waals surface area (Å²) in [6.45, 7) is 10.3. The number of carbonyl (C=O) groups excluding carboxylic acids is 1. The molecule has 2 rings (SSSR count). The molecule has 1 unspecified atom stereocenters. The van der Waals surface area contributed by atoms with Crippen LogP contribution in [0.2, 0.25) is 0 Å². The molecule has 0 spiro atoms. The molecule has 0 aliphatic rings. The quantitative estimate of drug-likeness (QED) is 0.470. The van der Waals surface area contributed by atoms with E-state index in [9.17, 15) is 4.79 Å². The van der Waals surface area contributed by atoms with Crippen molar-refractivity contribution in [3.05, 3.63) is 52.2 Å². The molecular formula is C21H30N4OS. The molecule has 0 fully saturated rings. The van der Waals surface area contributed by atoms with Crippen LogP contribution in [-0.2, 0) is 11.3 Å². The molecule has 0 aliphatic carbocycles. The Morgan fingerprint density at radius 1 is 1.11 bits per heavy atom. The van der Waals surface area contributed by atoms with Crippen LogP contribution in [0.3, 0.4) is 0 Å². The highest BCUT2D eigenvalue weighted by molar-refractivity contribution is 7.07. The summed E-state index contributed by atoms with van der Waals surface area (Å²) >= 11 is 1.73. The maximum Gasteiger partial charge on any atom is 0.226 e. The molecule has 6 heteroatoms. The Kier molecular flexibility index (Phi) is 8.33. The van der Waals surface area contributed by atoms with E-state index in [1.54, 1.807) is 11.3 Å². The predicted molar refractivity (Wildman–Crippen MR) is 115 cm³/mol. The lowest BCUT2D eigenvalue weighted by Gasteiger charge is -2.15. The summed E-state index contributed by atoms with van der Waals surface area (Å²) in [6.07, 6.45) is 0. The van der Waals surface area contributed by atoms with Crippen LogP contribution in [0.5, 0.6) is 0 Å². The van der Waals surface area contributed by atoms with Gasteiger partial charge in [-0.1, -0.05) is 32.9 Å². The van der Waals surface area contributed by atoms with Crippen LogP contribution in [0.15, 0.2) is 46.1 Å². The molecule has 5 nitrogen and oxygen atoms in total. The van der Waals surface area contributed by atoms with Crippen molar-refractivity contribution in [1.29, 1.82) is 0 Å². The van der Waals surface area contributed by atoms with Crippen LogP contribution < -0.4 is 16.0 Å². The number of amides is 1. The van der Waals surface area contributed by atoms with Crippen LogP contribution in [0.1, 0.15) is 44.7 Å². The minimum absolute atomic E-state index is 0.0270. The number of guanidine groups is 1. The zero-order chi connectivity index (χ0) is 19.6. The smallest absolute Gasteiger partial charge is 0.226 e. The number of rotatable bonds is 8. The van der Waals surface area contributed by atoms with Gasteiger partial charge in [-0.25, -0.2) is 4.99 Å². The summed E-state index contributed by atoms with van der Waals surface area (Å²) in [5.74, 6) is 1.25. The molecule has 1 atom stereocenters. The minimum atomic E-state index is -0.0282. The van der Waals surface area contributed by atoms with Crippen molar-refractivity contribution in [3.8, 4) is 0 Å². The highest BCUT2D eigenvalue weighted by Crippen LogP contribution is 2.17. The van der Waals surface area contributed by atoms with Crippen LogP contribution >= 0.6 is 11.3 Å². The normalized spacial score (nSPS) is 12.7. The van der Waals surface area contributed by atoms with E-state index in [1.807, 2.05) is 38.1 Å². The van der Waals surface area contributed by atoms with Crippen LogP contribution in [-0.4, -0.2) is 25.0 Å².